The molecule has 0 saturated carbocycles. The average molecular weight is 407 g/mol. The van der Waals surface area contributed by atoms with Crippen molar-refractivity contribution in [2.24, 2.45) is 0 Å². The highest BCUT2D eigenvalue weighted by Crippen LogP contribution is 2.34. The molecule has 1 fully saturated rings. The van der Waals surface area contributed by atoms with E-state index in [1.165, 1.54) is 0 Å². The number of aromatic nitrogens is 1. The molecule has 2 aromatic rings. The van der Waals surface area contributed by atoms with Gasteiger partial charge in [-0.1, -0.05) is 29.8 Å². The van der Waals surface area contributed by atoms with E-state index >= 15 is 0 Å². The molecule has 152 valence electrons. The summed E-state index contributed by atoms with van der Waals surface area (Å²) in [5.41, 5.74) is 6.38. The monoisotopic (exact) mass is 406 g/mol. The van der Waals surface area contributed by atoms with E-state index in [4.69, 9.17) is 22.1 Å². The lowest BCUT2D eigenvalue weighted by Gasteiger charge is -2.39. The van der Waals surface area contributed by atoms with Crippen LogP contribution in [-0.2, 0) is 4.74 Å². The van der Waals surface area contributed by atoms with Crippen LogP contribution in [-0.4, -0.2) is 51.9 Å². The summed E-state index contributed by atoms with van der Waals surface area (Å²) in [6.07, 6.45) is 0.532. The molecule has 1 aromatic heterocycles. The quantitative estimate of drug-likeness (QED) is 0.672. The maximum Gasteiger partial charge on any atom is 0.410 e. The first-order valence-electron chi connectivity index (χ1n) is 9.36. The van der Waals surface area contributed by atoms with Crippen molar-refractivity contribution < 1.29 is 14.6 Å². The number of ether oxygens (including phenoxy) is 1. The van der Waals surface area contributed by atoms with Gasteiger partial charge in [0, 0.05) is 25.0 Å². The Morgan fingerprint density at radius 2 is 2.00 bits per heavy atom. The van der Waals surface area contributed by atoms with Crippen LogP contribution in [0.15, 0.2) is 24.3 Å². The summed E-state index contributed by atoms with van der Waals surface area (Å²) >= 11 is 6.16. The van der Waals surface area contributed by atoms with Crippen molar-refractivity contribution >= 4 is 40.0 Å². The van der Waals surface area contributed by atoms with Gasteiger partial charge in [0.2, 0.25) is 0 Å². The number of pyridine rings is 1. The summed E-state index contributed by atoms with van der Waals surface area (Å²) in [6, 6.07) is 7.55. The van der Waals surface area contributed by atoms with E-state index in [1.807, 2.05) is 45.0 Å². The zero-order chi connectivity index (χ0) is 20.5. The van der Waals surface area contributed by atoms with E-state index in [0.29, 0.717) is 43.9 Å². The number of carbonyl (C=O) groups excluding carboxylic acids is 1. The van der Waals surface area contributed by atoms with Crippen molar-refractivity contribution in [3.05, 3.63) is 29.4 Å². The number of anilines is 2. The SMILES string of the molecule is CC(C)(C)OC(=O)N1CCC(O)(CNc2c(N)c(Cl)nc3ccccc23)CC1. The molecular formula is C20H27ClN4O3. The minimum absolute atomic E-state index is 0.230. The molecule has 0 unspecified atom stereocenters. The standard InChI is InChI=1S/C20H27ClN4O3/c1-19(2,3)28-18(26)25-10-8-20(27,9-11-25)12-23-16-13-6-4-5-7-14(13)24-17(21)15(16)22/h4-7,27H,8-12,22H2,1-3H3,(H,23,24). The molecule has 1 amide bonds. The Bertz CT molecular complexity index is 874. The number of nitrogens with one attached hydrogen (secondary N) is 1. The summed E-state index contributed by atoms with van der Waals surface area (Å²) in [6.45, 7) is 6.67. The highest BCUT2D eigenvalue weighted by atomic mass is 35.5. The van der Waals surface area contributed by atoms with Crippen LogP contribution in [0.3, 0.4) is 0 Å². The number of nitrogens with zero attached hydrogens (tertiary/aromatic N) is 2. The number of likely N-dealkylation sites (tertiary alicyclic amines) is 1. The van der Waals surface area contributed by atoms with Crippen LogP contribution in [0, 0.1) is 0 Å². The number of amides is 1. The van der Waals surface area contributed by atoms with Crippen LogP contribution in [0.1, 0.15) is 33.6 Å². The van der Waals surface area contributed by atoms with Crippen molar-refractivity contribution in [1.29, 1.82) is 0 Å². The molecular weight excluding hydrogens is 380 g/mol. The van der Waals surface area contributed by atoms with Crippen LogP contribution in [0.4, 0.5) is 16.2 Å². The minimum atomic E-state index is -0.957. The fraction of sp³-hybridized carbons (Fsp3) is 0.500. The Balaban J connectivity index is 1.67. The van der Waals surface area contributed by atoms with E-state index < -0.39 is 11.2 Å². The van der Waals surface area contributed by atoms with Gasteiger partial charge in [-0.3, -0.25) is 0 Å². The lowest BCUT2D eigenvalue weighted by atomic mass is 9.91. The van der Waals surface area contributed by atoms with Gasteiger partial charge in [-0.2, -0.15) is 0 Å². The summed E-state index contributed by atoms with van der Waals surface area (Å²) in [7, 11) is 0. The van der Waals surface area contributed by atoms with Crippen LogP contribution >= 0.6 is 11.6 Å². The first kappa shape index (κ1) is 20.5. The van der Waals surface area contributed by atoms with Gasteiger partial charge in [0.05, 0.1) is 22.5 Å². The second-order valence-electron chi connectivity index (χ2n) is 8.25. The number of carbonyl (C=O) groups is 1. The molecule has 3 rings (SSSR count). The number of halogens is 1. The number of hydrogen-bond donors (Lipinski definition) is 3. The molecule has 0 spiro atoms. The van der Waals surface area contributed by atoms with E-state index in [-0.39, 0.29) is 11.2 Å². The van der Waals surface area contributed by atoms with E-state index in [1.54, 1.807) is 4.90 Å². The summed E-state index contributed by atoms with van der Waals surface area (Å²) in [5, 5.41) is 15.3. The number of rotatable bonds is 3. The third kappa shape index (κ3) is 4.59. The number of piperidine rings is 1. The number of nitrogen functional groups attached to an aromatic ring is 1. The lowest BCUT2D eigenvalue weighted by Crippen LogP contribution is -2.50. The molecule has 4 N–H and O–H groups in total. The van der Waals surface area contributed by atoms with E-state index in [2.05, 4.69) is 10.3 Å². The minimum Gasteiger partial charge on any atom is -0.444 e. The largest absolute Gasteiger partial charge is 0.444 e. The third-order valence-electron chi connectivity index (χ3n) is 4.82. The molecule has 1 aliphatic heterocycles. The van der Waals surface area contributed by atoms with Gasteiger partial charge in [0.15, 0.2) is 5.15 Å². The van der Waals surface area contributed by atoms with Gasteiger partial charge in [-0.15, -0.1) is 0 Å². The molecule has 2 heterocycles. The number of para-hydroxylation sites is 1. The maximum absolute atomic E-state index is 12.2. The zero-order valence-corrected chi connectivity index (χ0v) is 17.2. The van der Waals surface area contributed by atoms with E-state index in [0.717, 1.165) is 10.9 Å². The molecule has 0 bridgehead atoms. The number of aliphatic hydroxyl groups is 1. The Morgan fingerprint density at radius 1 is 1.36 bits per heavy atom. The Morgan fingerprint density at radius 3 is 2.64 bits per heavy atom. The van der Waals surface area contributed by atoms with Gasteiger partial charge >= 0.3 is 6.09 Å². The fourth-order valence-corrected chi connectivity index (χ4v) is 3.43. The molecule has 0 aliphatic carbocycles. The van der Waals surface area contributed by atoms with Crippen LogP contribution in [0.25, 0.3) is 10.9 Å². The fourth-order valence-electron chi connectivity index (χ4n) is 3.25. The van der Waals surface area contributed by atoms with Crippen molar-refractivity contribution in [2.75, 3.05) is 30.7 Å². The van der Waals surface area contributed by atoms with Crippen molar-refractivity contribution in [3.8, 4) is 0 Å². The normalized spacial score (nSPS) is 16.8. The first-order valence-corrected chi connectivity index (χ1v) is 9.74. The van der Waals surface area contributed by atoms with Crippen molar-refractivity contribution in [1.82, 2.24) is 9.88 Å². The molecule has 7 nitrogen and oxygen atoms in total. The van der Waals surface area contributed by atoms with E-state index in [9.17, 15) is 9.90 Å². The molecule has 8 heteroatoms. The molecule has 1 aromatic carbocycles. The number of fused-ring (bicyclic) bond motifs is 1. The number of nitrogens with two attached hydrogens (primary N) is 1. The molecule has 0 radical (unpaired) electrons. The highest BCUT2D eigenvalue weighted by molar-refractivity contribution is 6.33. The predicted molar refractivity (Wildman–Crippen MR) is 112 cm³/mol. The maximum atomic E-state index is 12.2. The zero-order valence-electron chi connectivity index (χ0n) is 16.5. The Hall–Kier alpha value is -2.25. The lowest BCUT2D eigenvalue weighted by molar-refractivity contribution is -0.0244. The molecule has 1 saturated heterocycles. The molecule has 0 atom stereocenters. The summed E-state index contributed by atoms with van der Waals surface area (Å²) in [4.78, 5) is 18.1. The van der Waals surface area contributed by atoms with Gasteiger partial charge in [-0.25, -0.2) is 9.78 Å². The second kappa shape index (κ2) is 7.64. The Kier molecular flexibility index (Phi) is 5.59. The van der Waals surface area contributed by atoms with Crippen LogP contribution < -0.4 is 11.1 Å². The summed E-state index contributed by atoms with van der Waals surface area (Å²) < 4.78 is 5.40. The number of hydrogen-bond acceptors (Lipinski definition) is 6. The summed E-state index contributed by atoms with van der Waals surface area (Å²) in [5.74, 6) is 0. The van der Waals surface area contributed by atoms with Crippen LogP contribution in [0.5, 0.6) is 0 Å². The molecule has 1 aliphatic rings. The topological polar surface area (TPSA) is 101 Å². The first-order chi connectivity index (χ1) is 13.1. The van der Waals surface area contributed by atoms with Gasteiger partial charge < -0.3 is 25.8 Å². The molecule has 28 heavy (non-hydrogen) atoms. The average Bonchev–Trinajstić information content (AvgIpc) is 2.61. The Labute approximate surface area is 169 Å². The third-order valence-corrected chi connectivity index (χ3v) is 5.11. The highest BCUT2D eigenvalue weighted by Gasteiger charge is 2.35. The van der Waals surface area contributed by atoms with Crippen molar-refractivity contribution in [3.63, 3.8) is 0 Å². The van der Waals surface area contributed by atoms with Gasteiger partial charge in [-0.05, 0) is 39.7 Å². The smallest absolute Gasteiger partial charge is 0.410 e. The predicted octanol–water partition coefficient (Wildman–Crippen LogP) is 3.64. The van der Waals surface area contributed by atoms with Gasteiger partial charge in [0.1, 0.15) is 5.60 Å². The van der Waals surface area contributed by atoms with Gasteiger partial charge in [0.25, 0.3) is 0 Å². The van der Waals surface area contributed by atoms with Crippen LogP contribution in [0.2, 0.25) is 5.15 Å². The second-order valence-corrected chi connectivity index (χ2v) is 8.61. The van der Waals surface area contributed by atoms with Crippen molar-refractivity contribution in [2.45, 2.75) is 44.8 Å². The number of benzene rings is 1.